The summed E-state index contributed by atoms with van der Waals surface area (Å²) < 4.78 is 53.5. The lowest BCUT2D eigenvalue weighted by atomic mass is 9.76. The Labute approximate surface area is 224 Å². The predicted octanol–water partition coefficient (Wildman–Crippen LogP) is 2.99. The van der Waals surface area contributed by atoms with Gasteiger partial charge >= 0.3 is 18.1 Å². The summed E-state index contributed by atoms with van der Waals surface area (Å²) in [5.74, 6) is -1.67. The number of piperidine rings is 1. The van der Waals surface area contributed by atoms with Gasteiger partial charge in [-0.2, -0.15) is 13.2 Å². The third-order valence-electron chi connectivity index (χ3n) is 7.51. The van der Waals surface area contributed by atoms with Gasteiger partial charge in [0, 0.05) is 31.3 Å². The number of carbonyl (C=O) groups excluding carboxylic acids is 2. The summed E-state index contributed by atoms with van der Waals surface area (Å²) in [5.41, 5.74) is 0.703. The zero-order valence-electron chi connectivity index (χ0n) is 22.3. The number of nitrogens with zero attached hydrogens (tertiary/aromatic N) is 2. The molecule has 0 bridgehead atoms. The number of hydrogen-bond donors (Lipinski definition) is 1. The number of carboxylic acid groups (broad SMARTS) is 1. The highest BCUT2D eigenvalue weighted by Gasteiger charge is 2.45. The number of likely N-dealkylation sites (tertiary alicyclic amines) is 2. The quantitative estimate of drug-likeness (QED) is 0.525. The lowest BCUT2D eigenvalue weighted by Gasteiger charge is -2.38. The second kappa shape index (κ2) is 12.9. The molecule has 1 aromatic carbocycles. The molecule has 3 aliphatic rings. The maximum Gasteiger partial charge on any atom is 0.490 e. The van der Waals surface area contributed by atoms with Crippen LogP contribution in [0.5, 0.6) is 11.5 Å². The summed E-state index contributed by atoms with van der Waals surface area (Å²) in [6.45, 7) is 3.84. The van der Waals surface area contributed by atoms with Crippen LogP contribution in [0.15, 0.2) is 18.2 Å². The van der Waals surface area contributed by atoms with Crippen LogP contribution < -0.4 is 9.47 Å². The molecule has 2 atom stereocenters. The van der Waals surface area contributed by atoms with Gasteiger partial charge in [0.2, 0.25) is 0 Å². The highest BCUT2D eigenvalue weighted by molar-refractivity contribution is 5.95. The highest BCUT2D eigenvalue weighted by atomic mass is 19.4. The van der Waals surface area contributed by atoms with Crippen molar-refractivity contribution in [1.82, 2.24) is 9.80 Å². The van der Waals surface area contributed by atoms with Gasteiger partial charge in [0.05, 0.1) is 34.0 Å². The molecule has 3 aliphatic heterocycles. The van der Waals surface area contributed by atoms with Gasteiger partial charge in [-0.05, 0) is 56.2 Å². The molecule has 0 aromatic heterocycles. The average Bonchev–Trinajstić information content (AvgIpc) is 3.54. The Morgan fingerprint density at radius 3 is 2.15 bits per heavy atom. The molecule has 3 saturated heterocycles. The maximum atomic E-state index is 13.1. The van der Waals surface area contributed by atoms with Gasteiger partial charge in [0.15, 0.2) is 0 Å². The SMILES string of the molecule is COC(=O)C1CCCN1CC1CC2(CCN(C(=O)c3cc(OC)cc(OC)c3)CC2)CO1.O=C(O)C(F)(F)F. The van der Waals surface area contributed by atoms with Crippen molar-refractivity contribution in [3.05, 3.63) is 23.8 Å². The van der Waals surface area contributed by atoms with E-state index in [4.69, 9.17) is 28.8 Å². The summed E-state index contributed by atoms with van der Waals surface area (Å²) >= 11 is 0. The standard InChI is InChI=1S/C24H34N2O6.C2HF3O2/c1-29-18-11-17(12-19(13-18)30-2)22(27)25-9-6-24(7-10-25)14-20(32-16-24)15-26-8-4-5-21(26)23(28)31-3;3-2(4,5)1(6)7/h11-13,20-21H,4-10,14-16H2,1-3H3;(H,6,7). The van der Waals surface area contributed by atoms with Crippen LogP contribution in [0, 0.1) is 5.41 Å². The fraction of sp³-hybridized carbons (Fsp3) is 0.654. The van der Waals surface area contributed by atoms with Crippen molar-refractivity contribution in [3.8, 4) is 11.5 Å². The van der Waals surface area contributed by atoms with Gasteiger partial charge in [-0.15, -0.1) is 0 Å². The van der Waals surface area contributed by atoms with Crippen LogP contribution in [-0.4, -0.2) is 105 Å². The van der Waals surface area contributed by atoms with Crippen molar-refractivity contribution in [2.45, 2.75) is 50.4 Å². The summed E-state index contributed by atoms with van der Waals surface area (Å²) in [4.78, 5) is 38.2. The molecular formula is C26H35F3N2O8. The van der Waals surface area contributed by atoms with Crippen LogP contribution in [-0.2, 0) is 19.1 Å². The minimum atomic E-state index is -5.08. The maximum absolute atomic E-state index is 13.1. The summed E-state index contributed by atoms with van der Waals surface area (Å²) in [6.07, 6.45) is -0.245. The first-order valence-corrected chi connectivity index (χ1v) is 12.7. The second-order valence-corrected chi connectivity index (χ2v) is 10.0. The molecule has 3 fully saturated rings. The number of aliphatic carboxylic acids is 1. The van der Waals surface area contributed by atoms with E-state index in [0.29, 0.717) is 30.2 Å². The first kappa shape index (κ1) is 30.5. The second-order valence-electron chi connectivity index (χ2n) is 10.0. The molecule has 218 valence electrons. The molecule has 13 heteroatoms. The number of benzene rings is 1. The van der Waals surface area contributed by atoms with Gasteiger partial charge in [0.25, 0.3) is 5.91 Å². The third kappa shape index (κ3) is 7.75. The fourth-order valence-electron chi connectivity index (χ4n) is 5.37. The first-order chi connectivity index (χ1) is 18.4. The molecule has 1 amide bonds. The summed E-state index contributed by atoms with van der Waals surface area (Å²) in [5, 5.41) is 7.12. The number of amides is 1. The van der Waals surface area contributed by atoms with E-state index in [1.807, 2.05) is 4.90 Å². The van der Waals surface area contributed by atoms with E-state index in [2.05, 4.69) is 4.90 Å². The Kier molecular flexibility index (Phi) is 10.1. The van der Waals surface area contributed by atoms with Crippen molar-refractivity contribution in [2.24, 2.45) is 5.41 Å². The smallest absolute Gasteiger partial charge is 0.490 e. The molecule has 1 N–H and O–H groups in total. The van der Waals surface area contributed by atoms with Gasteiger partial charge < -0.3 is 29.0 Å². The minimum Gasteiger partial charge on any atom is -0.497 e. The van der Waals surface area contributed by atoms with Crippen molar-refractivity contribution >= 4 is 17.8 Å². The summed E-state index contributed by atoms with van der Waals surface area (Å²) in [7, 11) is 4.62. The molecule has 3 heterocycles. The van der Waals surface area contributed by atoms with E-state index < -0.39 is 12.1 Å². The number of ether oxygens (including phenoxy) is 4. The van der Waals surface area contributed by atoms with Crippen molar-refractivity contribution in [2.75, 3.05) is 54.1 Å². The average molecular weight is 561 g/mol. The first-order valence-electron chi connectivity index (χ1n) is 12.7. The van der Waals surface area contributed by atoms with Crippen molar-refractivity contribution in [1.29, 1.82) is 0 Å². The molecule has 0 radical (unpaired) electrons. The van der Waals surface area contributed by atoms with Gasteiger partial charge in [-0.1, -0.05) is 0 Å². The molecule has 0 saturated carbocycles. The number of alkyl halides is 3. The number of carbonyl (C=O) groups is 3. The Morgan fingerprint density at radius 2 is 1.64 bits per heavy atom. The van der Waals surface area contributed by atoms with E-state index >= 15 is 0 Å². The fourth-order valence-corrected chi connectivity index (χ4v) is 5.37. The third-order valence-corrected chi connectivity index (χ3v) is 7.51. The van der Waals surface area contributed by atoms with Crippen LogP contribution >= 0.6 is 0 Å². The molecule has 1 spiro atoms. The number of methoxy groups -OCH3 is 3. The molecule has 4 rings (SSSR count). The van der Waals surface area contributed by atoms with E-state index in [1.54, 1.807) is 32.4 Å². The lowest BCUT2D eigenvalue weighted by Crippen LogP contribution is -2.44. The largest absolute Gasteiger partial charge is 0.497 e. The Morgan fingerprint density at radius 1 is 1.05 bits per heavy atom. The van der Waals surface area contributed by atoms with Gasteiger partial charge in [-0.25, -0.2) is 4.79 Å². The van der Waals surface area contributed by atoms with Crippen molar-refractivity contribution in [3.63, 3.8) is 0 Å². The van der Waals surface area contributed by atoms with Crippen LogP contribution in [0.2, 0.25) is 0 Å². The highest BCUT2D eigenvalue weighted by Crippen LogP contribution is 2.43. The molecule has 0 aliphatic carbocycles. The Balaban J connectivity index is 0.000000532. The number of carboxylic acids is 1. The topological polar surface area (TPSA) is 115 Å². The number of esters is 1. The van der Waals surface area contributed by atoms with Gasteiger partial charge in [-0.3, -0.25) is 14.5 Å². The van der Waals surface area contributed by atoms with E-state index in [1.165, 1.54) is 7.11 Å². The number of rotatable bonds is 6. The number of hydrogen-bond acceptors (Lipinski definition) is 8. The minimum absolute atomic E-state index is 0.00509. The van der Waals surface area contributed by atoms with E-state index in [9.17, 15) is 22.8 Å². The molecular weight excluding hydrogens is 525 g/mol. The monoisotopic (exact) mass is 560 g/mol. The van der Waals surface area contributed by atoms with Crippen LogP contribution in [0.1, 0.15) is 42.5 Å². The van der Waals surface area contributed by atoms with Gasteiger partial charge in [0.1, 0.15) is 17.5 Å². The zero-order valence-corrected chi connectivity index (χ0v) is 22.3. The predicted molar refractivity (Wildman–Crippen MR) is 132 cm³/mol. The van der Waals surface area contributed by atoms with Crippen LogP contribution in [0.3, 0.4) is 0 Å². The number of halogens is 3. The van der Waals surface area contributed by atoms with Crippen LogP contribution in [0.4, 0.5) is 13.2 Å². The lowest BCUT2D eigenvalue weighted by molar-refractivity contribution is -0.192. The Bertz CT molecular complexity index is 1000. The zero-order chi connectivity index (χ0) is 28.8. The van der Waals surface area contributed by atoms with E-state index in [0.717, 1.165) is 51.8 Å². The van der Waals surface area contributed by atoms with E-state index in [-0.39, 0.29) is 29.4 Å². The molecule has 39 heavy (non-hydrogen) atoms. The molecule has 1 aromatic rings. The van der Waals surface area contributed by atoms with Crippen LogP contribution in [0.25, 0.3) is 0 Å². The molecule has 10 nitrogen and oxygen atoms in total. The van der Waals surface area contributed by atoms with Crippen molar-refractivity contribution < 1.29 is 51.6 Å². The normalized spacial score (nSPS) is 22.7. The molecule has 2 unspecified atom stereocenters. The Hall–Kier alpha value is -3.06. The summed E-state index contributed by atoms with van der Waals surface area (Å²) in [6, 6.07) is 5.15.